The largest absolute Gasteiger partial charge is 0.359 e. The van der Waals surface area contributed by atoms with Gasteiger partial charge < -0.3 is 15.4 Å². The molecule has 3 rings (SSSR count). The van der Waals surface area contributed by atoms with Crippen LogP contribution in [0.2, 0.25) is 0 Å². The fourth-order valence-electron chi connectivity index (χ4n) is 3.10. The molecule has 2 aromatic heterocycles. The van der Waals surface area contributed by atoms with Crippen molar-refractivity contribution in [3.05, 3.63) is 12.7 Å². The molecule has 0 aromatic carbocycles. The molecular weight excluding hydrogens is 324 g/mol. The first-order chi connectivity index (χ1) is 12.0. The Balaban J connectivity index is 1.83. The SMILES string of the molecule is CCC1OC(n2cnc3c(NC(=O)CC(=O)NC)ncnc32)CC1C. The number of imidazole rings is 1. The summed E-state index contributed by atoms with van der Waals surface area (Å²) in [5, 5.41) is 5.02. The number of carbonyl (C=O) groups excluding carboxylic acids is 2. The van der Waals surface area contributed by atoms with Crippen LogP contribution >= 0.6 is 0 Å². The third-order valence-electron chi connectivity index (χ3n) is 4.47. The molecule has 0 radical (unpaired) electrons. The summed E-state index contributed by atoms with van der Waals surface area (Å²) >= 11 is 0. The average Bonchev–Trinajstić information content (AvgIpc) is 3.18. The highest BCUT2D eigenvalue weighted by Gasteiger charge is 2.33. The number of aromatic nitrogens is 4. The molecule has 3 atom stereocenters. The van der Waals surface area contributed by atoms with E-state index in [2.05, 4.69) is 39.4 Å². The zero-order chi connectivity index (χ0) is 18.0. The summed E-state index contributed by atoms with van der Waals surface area (Å²) in [6, 6.07) is 0. The molecule has 1 fully saturated rings. The minimum Gasteiger partial charge on any atom is -0.359 e. The summed E-state index contributed by atoms with van der Waals surface area (Å²) in [5.74, 6) is -0.0743. The van der Waals surface area contributed by atoms with Crippen LogP contribution in [0.25, 0.3) is 11.2 Å². The van der Waals surface area contributed by atoms with Crippen molar-refractivity contribution < 1.29 is 14.3 Å². The normalized spacial score (nSPS) is 22.9. The summed E-state index contributed by atoms with van der Waals surface area (Å²) in [6.07, 6.45) is 4.68. The molecule has 134 valence electrons. The first-order valence-corrected chi connectivity index (χ1v) is 8.36. The highest BCUT2D eigenvalue weighted by atomic mass is 16.5. The highest BCUT2D eigenvalue weighted by Crippen LogP contribution is 2.36. The monoisotopic (exact) mass is 346 g/mol. The maximum Gasteiger partial charge on any atom is 0.235 e. The van der Waals surface area contributed by atoms with Gasteiger partial charge in [0.25, 0.3) is 0 Å². The van der Waals surface area contributed by atoms with Crippen molar-refractivity contribution in [3.63, 3.8) is 0 Å². The Labute approximate surface area is 145 Å². The number of fused-ring (bicyclic) bond motifs is 1. The Morgan fingerprint density at radius 3 is 2.80 bits per heavy atom. The molecular formula is C16H22N6O3. The first kappa shape index (κ1) is 17.3. The summed E-state index contributed by atoms with van der Waals surface area (Å²) in [4.78, 5) is 35.9. The molecule has 25 heavy (non-hydrogen) atoms. The number of amides is 2. The number of hydrogen-bond acceptors (Lipinski definition) is 6. The van der Waals surface area contributed by atoms with E-state index in [9.17, 15) is 9.59 Å². The summed E-state index contributed by atoms with van der Waals surface area (Å²) < 4.78 is 7.96. The number of nitrogens with zero attached hydrogens (tertiary/aromatic N) is 4. The van der Waals surface area contributed by atoms with Gasteiger partial charge in [-0.3, -0.25) is 14.2 Å². The van der Waals surface area contributed by atoms with E-state index in [1.54, 1.807) is 6.33 Å². The topological polar surface area (TPSA) is 111 Å². The van der Waals surface area contributed by atoms with Crippen molar-refractivity contribution in [2.75, 3.05) is 12.4 Å². The molecule has 1 aliphatic rings. The van der Waals surface area contributed by atoms with Crippen molar-refractivity contribution in [3.8, 4) is 0 Å². The van der Waals surface area contributed by atoms with E-state index in [1.807, 2.05) is 4.57 Å². The zero-order valence-corrected chi connectivity index (χ0v) is 14.5. The third kappa shape index (κ3) is 3.46. The van der Waals surface area contributed by atoms with Gasteiger partial charge in [0.15, 0.2) is 17.0 Å². The quantitative estimate of drug-likeness (QED) is 0.788. The Morgan fingerprint density at radius 2 is 2.12 bits per heavy atom. The van der Waals surface area contributed by atoms with Crippen molar-refractivity contribution in [2.45, 2.75) is 45.4 Å². The minimum absolute atomic E-state index is 0.130. The summed E-state index contributed by atoms with van der Waals surface area (Å²) in [7, 11) is 1.48. The van der Waals surface area contributed by atoms with E-state index >= 15 is 0 Å². The minimum atomic E-state index is -0.453. The van der Waals surface area contributed by atoms with Gasteiger partial charge in [-0.15, -0.1) is 0 Å². The first-order valence-electron chi connectivity index (χ1n) is 8.36. The number of rotatable bonds is 5. The average molecular weight is 346 g/mol. The van der Waals surface area contributed by atoms with Gasteiger partial charge in [0, 0.05) is 7.05 Å². The molecule has 0 bridgehead atoms. The molecule has 3 unspecified atom stereocenters. The molecule has 0 aliphatic carbocycles. The van der Waals surface area contributed by atoms with Crippen LogP contribution in [0.5, 0.6) is 0 Å². The molecule has 1 aliphatic heterocycles. The van der Waals surface area contributed by atoms with Crippen LogP contribution in [-0.2, 0) is 14.3 Å². The van der Waals surface area contributed by atoms with Crippen LogP contribution in [-0.4, -0.2) is 44.5 Å². The van der Waals surface area contributed by atoms with Gasteiger partial charge in [-0.2, -0.15) is 0 Å². The number of hydrogen-bond donors (Lipinski definition) is 2. The van der Waals surface area contributed by atoms with Gasteiger partial charge in [-0.1, -0.05) is 13.8 Å². The van der Waals surface area contributed by atoms with Gasteiger partial charge >= 0.3 is 0 Å². The van der Waals surface area contributed by atoms with Crippen LogP contribution in [0.1, 0.15) is 39.3 Å². The number of anilines is 1. The van der Waals surface area contributed by atoms with Crippen LogP contribution in [0.3, 0.4) is 0 Å². The predicted molar refractivity (Wildman–Crippen MR) is 90.6 cm³/mol. The van der Waals surface area contributed by atoms with Crippen molar-refractivity contribution in [1.82, 2.24) is 24.8 Å². The predicted octanol–water partition coefficient (Wildman–Crippen LogP) is 1.23. The Hall–Kier alpha value is -2.55. The molecule has 1 saturated heterocycles. The second-order valence-corrected chi connectivity index (χ2v) is 6.19. The Bertz CT molecular complexity index is 789. The summed E-state index contributed by atoms with van der Waals surface area (Å²) in [6.45, 7) is 4.28. The van der Waals surface area contributed by atoms with E-state index in [0.717, 1.165) is 12.8 Å². The van der Waals surface area contributed by atoms with Gasteiger partial charge in [0.05, 0.1) is 12.4 Å². The fourth-order valence-corrected chi connectivity index (χ4v) is 3.10. The molecule has 0 saturated carbocycles. The van der Waals surface area contributed by atoms with E-state index in [1.165, 1.54) is 13.4 Å². The molecule has 3 heterocycles. The molecule has 2 aromatic rings. The van der Waals surface area contributed by atoms with Crippen LogP contribution < -0.4 is 10.6 Å². The van der Waals surface area contributed by atoms with Crippen molar-refractivity contribution in [1.29, 1.82) is 0 Å². The maximum absolute atomic E-state index is 11.9. The lowest BCUT2D eigenvalue weighted by Crippen LogP contribution is -2.25. The third-order valence-corrected chi connectivity index (χ3v) is 4.47. The smallest absolute Gasteiger partial charge is 0.235 e. The van der Waals surface area contributed by atoms with Gasteiger partial charge in [-0.25, -0.2) is 15.0 Å². The van der Waals surface area contributed by atoms with Gasteiger partial charge in [0.2, 0.25) is 11.8 Å². The molecule has 2 amide bonds. The second-order valence-electron chi connectivity index (χ2n) is 6.19. The molecule has 9 heteroatoms. The fraction of sp³-hybridized carbons (Fsp3) is 0.562. The van der Waals surface area contributed by atoms with Crippen molar-refractivity contribution >= 4 is 28.8 Å². The van der Waals surface area contributed by atoms with Crippen LogP contribution in [0.15, 0.2) is 12.7 Å². The second kappa shape index (κ2) is 7.14. The van der Waals surface area contributed by atoms with Gasteiger partial charge in [0.1, 0.15) is 19.0 Å². The number of nitrogens with one attached hydrogen (secondary N) is 2. The summed E-state index contributed by atoms with van der Waals surface area (Å²) in [5.41, 5.74) is 1.07. The van der Waals surface area contributed by atoms with E-state index in [4.69, 9.17) is 4.74 Å². The lowest BCUT2D eigenvalue weighted by atomic mass is 10.0. The maximum atomic E-state index is 11.9. The highest BCUT2D eigenvalue weighted by molar-refractivity contribution is 6.05. The Kier molecular flexibility index (Phi) is 4.93. The number of ether oxygens (including phenoxy) is 1. The molecule has 0 spiro atoms. The van der Waals surface area contributed by atoms with Crippen LogP contribution in [0, 0.1) is 5.92 Å². The number of carbonyl (C=O) groups is 2. The standard InChI is InChI=1S/C16H22N6O3/c1-4-10-9(2)5-13(25-10)22-8-20-14-15(18-7-19-16(14)22)21-12(24)6-11(23)17-3/h7-10,13H,4-6H2,1-3H3,(H,17,23)(H,18,19,21,24). The van der Waals surface area contributed by atoms with E-state index in [0.29, 0.717) is 17.1 Å². The Morgan fingerprint density at radius 1 is 1.32 bits per heavy atom. The van der Waals surface area contributed by atoms with Crippen molar-refractivity contribution in [2.24, 2.45) is 5.92 Å². The van der Waals surface area contributed by atoms with E-state index < -0.39 is 5.91 Å². The lowest BCUT2D eigenvalue weighted by molar-refractivity contribution is -0.126. The molecule has 9 nitrogen and oxygen atoms in total. The van der Waals surface area contributed by atoms with Crippen LogP contribution in [0.4, 0.5) is 5.82 Å². The molecule has 2 N–H and O–H groups in total. The lowest BCUT2D eigenvalue weighted by Gasteiger charge is -2.14. The van der Waals surface area contributed by atoms with Gasteiger partial charge in [-0.05, 0) is 18.8 Å². The van der Waals surface area contributed by atoms with E-state index in [-0.39, 0.29) is 30.5 Å². The zero-order valence-electron chi connectivity index (χ0n) is 14.5.